The first-order valence-corrected chi connectivity index (χ1v) is 10.2. The zero-order chi connectivity index (χ0) is 20.6. The van der Waals surface area contributed by atoms with Gasteiger partial charge in [0, 0.05) is 24.5 Å². The van der Waals surface area contributed by atoms with Gasteiger partial charge in [-0.1, -0.05) is 23.7 Å². The zero-order valence-electron chi connectivity index (χ0n) is 16.6. The van der Waals surface area contributed by atoms with E-state index in [0.717, 1.165) is 30.8 Å². The summed E-state index contributed by atoms with van der Waals surface area (Å²) in [4.78, 5) is 28.2. The maximum Gasteiger partial charge on any atom is 0.238 e. The summed E-state index contributed by atoms with van der Waals surface area (Å²) < 4.78 is 5.67. The molecule has 6 nitrogen and oxygen atoms in total. The van der Waals surface area contributed by atoms with Crippen molar-refractivity contribution in [3.63, 3.8) is 0 Å². The van der Waals surface area contributed by atoms with E-state index in [0.29, 0.717) is 30.3 Å². The van der Waals surface area contributed by atoms with Gasteiger partial charge in [-0.15, -0.1) is 0 Å². The van der Waals surface area contributed by atoms with Crippen LogP contribution < -0.4 is 15.0 Å². The number of nitrogens with one attached hydrogen (secondary N) is 1. The largest absolute Gasteiger partial charge is 0.494 e. The quantitative estimate of drug-likeness (QED) is 0.632. The van der Waals surface area contributed by atoms with E-state index in [4.69, 9.17) is 16.3 Å². The maximum absolute atomic E-state index is 12.5. The molecule has 0 unspecified atom stereocenters. The molecular weight excluding hydrogens is 390 g/mol. The summed E-state index contributed by atoms with van der Waals surface area (Å²) in [7, 11) is 1.90. The lowest BCUT2D eigenvalue weighted by Gasteiger charge is -2.21. The Labute approximate surface area is 176 Å². The average Bonchev–Trinajstić information content (AvgIpc) is 3.12. The van der Waals surface area contributed by atoms with Gasteiger partial charge in [-0.2, -0.15) is 0 Å². The van der Waals surface area contributed by atoms with E-state index in [1.54, 1.807) is 17.0 Å². The van der Waals surface area contributed by atoms with Crippen molar-refractivity contribution < 1.29 is 14.3 Å². The average molecular weight is 416 g/mol. The Hall–Kier alpha value is -2.57. The van der Waals surface area contributed by atoms with Crippen LogP contribution in [0.15, 0.2) is 48.5 Å². The van der Waals surface area contributed by atoms with Crippen LogP contribution in [0, 0.1) is 0 Å². The fourth-order valence-corrected chi connectivity index (χ4v) is 3.41. The van der Waals surface area contributed by atoms with Gasteiger partial charge < -0.3 is 15.0 Å². The lowest BCUT2D eigenvalue weighted by atomic mass is 10.2. The Balaban J connectivity index is 1.43. The zero-order valence-corrected chi connectivity index (χ0v) is 17.3. The highest BCUT2D eigenvalue weighted by molar-refractivity contribution is 6.30. The Morgan fingerprint density at radius 1 is 1.21 bits per heavy atom. The molecule has 1 aliphatic heterocycles. The monoisotopic (exact) mass is 415 g/mol. The molecule has 3 rings (SSSR count). The van der Waals surface area contributed by atoms with E-state index in [1.807, 2.05) is 48.3 Å². The highest BCUT2D eigenvalue weighted by atomic mass is 35.5. The van der Waals surface area contributed by atoms with Crippen LogP contribution >= 0.6 is 11.6 Å². The molecular formula is C22H26ClN3O3. The van der Waals surface area contributed by atoms with Crippen molar-refractivity contribution in [3.05, 3.63) is 53.6 Å². The summed E-state index contributed by atoms with van der Waals surface area (Å²) in [5.74, 6) is 0.776. The molecule has 0 atom stereocenters. The molecule has 0 saturated carbocycles. The number of hydrogen-bond donors (Lipinski definition) is 1. The van der Waals surface area contributed by atoms with Crippen molar-refractivity contribution in [1.82, 2.24) is 4.90 Å². The highest BCUT2D eigenvalue weighted by Crippen LogP contribution is 2.29. The fourth-order valence-electron chi connectivity index (χ4n) is 3.29. The number of hydrogen-bond acceptors (Lipinski definition) is 4. The van der Waals surface area contributed by atoms with Crippen molar-refractivity contribution in [1.29, 1.82) is 0 Å². The SMILES string of the molecule is CN(CCCOc1ccc(Cl)cc1)CC(=O)Nc1ccccc1N1CCCC1=O. The second-order valence-electron chi connectivity index (χ2n) is 7.11. The number of carbonyl (C=O) groups is 2. The van der Waals surface area contributed by atoms with Crippen LogP contribution in [0.3, 0.4) is 0 Å². The van der Waals surface area contributed by atoms with Crippen molar-refractivity contribution in [2.45, 2.75) is 19.3 Å². The molecule has 1 aliphatic rings. The third-order valence-corrected chi connectivity index (χ3v) is 4.97. The van der Waals surface area contributed by atoms with Crippen LogP contribution in [0.25, 0.3) is 0 Å². The highest BCUT2D eigenvalue weighted by Gasteiger charge is 2.24. The van der Waals surface area contributed by atoms with E-state index in [2.05, 4.69) is 5.32 Å². The summed E-state index contributed by atoms with van der Waals surface area (Å²) in [5, 5.41) is 3.62. The van der Waals surface area contributed by atoms with Gasteiger partial charge in [-0.05, 0) is 56.3 Å². The molecule has 0 bridgehead atoms. The van der Waals surface area contributed by atoms with Crippen molar-refractivity contribution >= 4 is 34.8 Å². The van der Waals surface area contributed by atoms with E-state index in [9.17, 15) is 9.59 Å². The number of benzene rings is 2. The predicted octanol–water partition coefficient (Wildman–Crippen LogP) is 3.81. The van der Waals surface area contributed by atoms with Gasteiger partial charge in [0.1, 0.15) is 5.75 Å². The summed E-state index contributed by atoms with van der Waals surface area (Å²) in [5.41, 5.74) is 1.44. The normalized spacial score (nSPS) is 13.8. The van der Waals surface area contributed by atoms with E-state index < -0.39 is 0 Å². The Bertz CT molecular complexity index is 841. The molecule has 2 aromatic rings. The number of nitrogens with zero attached hydrogens (tertiary/aromatic N) is 2. The molecule has 0 aliphatic carbocycles. The lowest BCUT2D eigenvalue weighted by molar-refractivity contribution is -0.118. The minimum absolute atomic E-state index is 0.101. The summed E-state index contributed by atoms with van der Waals surface area (Å²) >= 11 is 5.86. The second kappa shape index (κ2) is 10.3. The van der Waals surface area contributed by atoms with Crippen molar-refractivity contribution in [3.8, 4) is 5.75 Å². The third-order valence-electron chi connectivity index (χ3n) is 4.72. The molecule has 7 heteroatoms. The van der Waals surface area contributed by atoms with Crippen LogP contribution in [0.1, 0.15) is 19.3 Å². The molecule has 2 aromatic carbocycles. The second-order valence-corrected chi connectivity index (χ2v) is 7.54. The molecule has 1 N–H and O–H groups in total. The molecule has 0 aromatic heterocycles. The Morgan fingerprint density at radius 3 is 2.69 bits per heavy atom. The molecule has 0 radical (unpaired) electrons. The van der Waals surface area contributed by atoms with E-state index in [1.165, 1.54) is 0 Å². The first-order chi connectivity index (χ1) is 14.0. The van der Waals surface area contributed by atoms with Gasteiger partial charge in [0.05, 0.1) is 24.5 Å². The maximum atomic E-state index is 12.5. The Kier molecular flexibility index (Phi) is 7.49. The summed E-state index contributed by atoms with van der Waals surface area (Å²) in [6, 6.07) is 14.7. The van der Waals surface area contributed by atoms with E-state index >= 15 is 0 Å². The number of rotatable bonds is 9. The lowest BCUT2D eigenvalue weighted by Crippen LogP contribution is -2.32. The van der Waals surface area contributed by atoms with Crippen LogP contribution in [-0.2, 0) is 9.59 Å². The van der Waals surface area contributed by atoms with Gasteiger partial charge >= 0.3 is 0 Å². The smallest absolute Gasteiger partial charge is 0.238 e. The fraction of sp³-hybridized carbons (Fsp3) is 0.364. The van der Waals surface area contributed by atoms with Gasteiger partial charge in [0.2, 0.25) is 11.8 Å². The topological polar surface area (TPSA) is 61.9 Å². The third kappa shape index (κ3) is 6.21. The molecule has 0 spiro atoms. The first kappa shape index (κ1) is 21.1. The predicted molar refractivity (Wildman–Crippen MR) is 116 cm³/mol. The number of likely N-dealkylation sites (N-methyl/N-ethyl adjacent to an activating group) is 1. The minimum atomic E-state index is -0.106. The molecule has 2 amide bonds. The molecule has 1 fully saturated rings. The van der Waals surface area contributed by atoms with E-state index in [-0.39, 0.29) is 18.4 Å². The van der Waals surface area contributed by atoms with Gasteiger partial charge in [0.25, 0.3) is 0 Å². The number of amides is 2. The summed E-state index contributed by atoms with van der Waals surface area (Å²) in [6.07, 6.45) is 2.20. The number of para-hydroxylation sites is 2. The molecule has 1 saturated heterocycles. The molecule has 154 valence electrons. The van der Waals surface area contributed by atoms with Crippen LogP contribution in [0.4, 0.5) is 11.4 Å². The number of halogens is 1. The number of ether oxygens (including phenoxy) is 1. The van der Waals surface area contributed by atoms with Crippen molar-refractivity contribution in [2.75, 3.05) is 43.5 Å². The molecule has 1 heterocycles. The first-order valence-electron chi connectivity index (χ1n) is 9.79. The standard InChI is InChI=1S/C22H26ClN3O3/c1-25(13-5-15-29-18-11-9-17(23)10-12-18)16-21(27)24-19-6-2-3-7-20(19)26-14-4-8-22(26)28/h2-3,6-7,9-12H,4-5,8,13-16H2,1H3,(H,24,27). The molecule has 29 heavy (non-hydrogen) atoms. The van der Waals surface area contributed by atoms with Gasteiger partial charge in [0.15, 0.2) is 0 Å². The number of carbonyl (C=O) groups excluding carboxylic acids is 2. The van der Waals surface area contributed by atoms with Crippen LogP contribution in [0.2, 0.25) is 5.02 Å². The van der Waals surface area contributed by atoms with Crippen LogP contribution in [0.5, 0.6) is 5.75 Å². The van der Waals surface area contributed by atoms with Crippen LogP contribution in [-0.4, -0.2) is 50.0 Å². The van der Waals surface area contributed by atoms with Gasteiger partial charge in [-0.25, -0.2) is 0 Å². The summed E-state index contributed by atoms with van der Waals surface area (Å²) in [6.45, 7) is 2.25. The van der Waals surface area contributed by atoms with Gasteiger partial charge in [-0.3, -0.25) is 14.5 Å². The minimum Gasteiger partial charge on any atom is -0.494 e. The van der Waals surface area contributed by atoms with Crippen molar-refractivity contribution in [2.24, 2.45) is 0 Å². The Morgan fingerprint density at radius 2 is 1.97 bits per heavy atom. The number of anilines is 2.